The molecule has 1 aliphatic heterocycles. The minimum atomic E-state index is 0. The Kier molecular flexibility index (Phi) is 6.67. The Labute approximate surface area is 130 Å². The van der Waals surface area contributed by atoms with Crippen LogP contribution >= 0.6 is 12.4 Å². The van der Waals surface area contributed by atoms with Crippen LogP contribution < -0.4 is 5.32 Å². The summed E-state index contributed by atoms with van der Waals surface area (Å²) in [4.78, 5) is 4.77. The maximum Gasteiger partial charge on any atom is 0.0965 e. The van der Waals surface area contributed by atoms with Gasteiger partial charge >= 0.3 is 0 Å². The van der Waals surface area contributed by atoms with Crippen molar-refractivity contribution in [3.05, 3.63) is 0 Å². The summed E-state index contributed by atoms with van der Waals surface area (Å²) < 4.78 is 0. The summed E-state index contributed by atoms with van der Waals surface area (Å²) in [6, 6.07) is 0.750. The number of hydrogen-bond acceptors (Lipinski definition) is 2. The van der Waals surface area contributed by atoms with Gasteiger partial charge in [0.2, 0.25) is 0 Å². The summed E-state index contributed by atoms with van der Waals surface area (Å²) in [7, 11) is 0. The Morgan fingerprint density at radius 3 is 2.45 bits per heavy atom. The Morgan fingerprint density at radius 2 is 1.60 bits per heavy atom. The van der Waals surface area contributed by atoms with E-state index in [2.05, 4.69) is 5.32 Å². The molecule has 0 aromatic rings. The molecule has 1 N–H and O–H groups in total. The number of nitrogens with one attached hydrogen (secondary N) is 1. The van der Waals surface area contributed by atoms with Gasteiger partial charge in [-0.05, 0) is 37.5 Å². The first-order valence-electron chi connectivity index (χ1n) is 8.73. The lowest BCUT2D eigenvalue weighted by molar-refractivity contribution is 0.226. The summed E-state index contributed by atoms with van der Waals surface area (Å²) in [6.07, 6.45) is 16.9. The van der Waals surface area contributed by atoms with E-state index < -0.39 is 0 Å². The topological polar surface area (TPSA) is 24.4 Å². The number of halogens is 1. The first kappa shape index (κ1) is 16.1. The predicted octanol–water partition coefficient (Wildman–Crippen LogP) is 4.72. The molecule has 1 heterocycles. The van der Waals surface area contributed by atoms with Gasteiger partial charge in [-0.25, -0.2) is 0 Å². The number of hydrogen-bond donors (Lipinski definition) is 1. The monoisotopic (exact) mass is 298 g/mol. The van der Waals surface area contributed by atoms with Gasteiger partial charge in [-0.3, -0.25) is 4.99 Å². The van der Waals surface area contributed by atoms with Crippen LogP contribution in [0, 0.1) is 11.8 Å². The van der Waals surface area contributed by atoms with Gasteiger partial charge in [0.1, 0.15) is 0 Å². The average Bonchev–Trinajstić information content (AvgIpc) is 2.75. The van der Waals surface area contributed by atoms with Crippen LogP contribution in [0.3, 0.4) is 0 Å². The fraction of sp³-hybridized carbons (Fsp3) is 0.941. The molecule has 0 unspecified atom stereocenters. The second kappa shape index (κ2) is 8.26. The van der Waals surface area contributed by atoms with Crippen LogP contribution in [-0.2, 0) is 0 Å². The Hall–Kier alpha value is -0.240. The molecular formula is C17H31ClN2. The van der Waals surface area contributed by atoms with Crippen molar-refractivity contribution < 1.29 is 0 Å². The van der Waals surface area contributed by atoms with Crippen LogP contribution in [0.1, 0.15) is 77.0 Å². The molecule has 116 valence electrons. The maximum absolute atomic E-state index is 4.77. The van der Waals surface area contributed by atoms with Crippen LogP contribution in [0.15, 0.2) is 4.99 Å². The number of aliphatic imine (C=N–C) groups is 1. The first-order valence-corrected chi connectivity index (χ1v) is 8.73. The highest BCUT2D eigenvalue weighted by Crippen LogP contribution is 2.39. The molecule has 0 amide bonds. The molecule has 2 saturated carbocycles. The minimum absolute atomic E-state index is 0. The van der Waals surface area contributed by atoms with Crippen molar-refractivity contribution in [2.24, 2.45) is 16.8 Å². The van der Waals surface area contributed by atoms with Gasteiger partial charge in [-0.1, -0.05) is 44.9 Å². The third-order valence-corrected chi connectivity index (χ3v) is 5.55. The lowest BCUT2D eigenvalue weighted by atomic mass is 9.77. The van der Waals surface area contributed by atoms with Crippen LogP contribution in [0.4, 0.5) is 0 Å². The quantitative estimate of drug-likeness (QED) is 0.784. The second-order valence-electron chi connectivity index (χ2n) is 6.88. The van der Waals surface area contributed by atoms with E-state index in [4.69, 9.17) is 4.99 Å². The molecule has 0 radical (unpaired) electrons. The van der Waals surface area contributed by atoms with Gasteiger partial charge in [0.15, 0.2) is 0 Å². The molecule has 3 heteroatoms. The zero-order chi connectivity index (χ0) is 12.9. The molecule has 2 atom stereocenters. The zero-order valence-corrected chi connectivity index (χ0v) is 13.6. The van der Waals surface area contributed by atoms with Crippen molar-refractivity contribution in [1.82, 2.24) is 5.32 Å². The number of amidine groups is 1. The second-order valence-corrected chi connectivity index (χ2v) is 6.88. The molecule has 3 rings (SSSR count). The molecule has 0 saturated heterocycles. The summed E-state index contributed by atoms with van der Waals surface area (Å²) in [5, 5.41) is 3.86. The van der Waals surface area contributed by atoms with Crippen molar-refractivity contribution in [2.75, 3.05) is 6.54 Å². The SMILES string of the molecule is C1CCN=C(N[C@@H]2CCC[C@H]2C2CCCCC2)CC1.Cl. The zero-order valence-electron chi connectivity index (χ0n) is 12.8. The van der Waals surface area contributed by atoms with Crippen molar-refractivity contribution in [2.45, 2.75) is 83.1 Å². The van der Waals surface area contributed by atoms with Gasteiger partial charge in [0, 0.05) is 19.0 Å². The van der Waals surface area contributed by atoms with Gasteiger partial charge in [-0.2, -0.15) is 0 Å². The standard InChI is InChI=1S/C17H30N2.ClH/c1-3-8-14(9-4-1)15-10-7-11-16(15)19-17-12-5-2-6-13-18-17;/h14-16H,1-13H2,(H,18,19);1H/t15-,16+;/m0./s1. The molecule has 0 aromatic heterocycles. The number of nitrogens with zero attached hydrogens (tertiary/aromatic N) is 1. The largest absolute Gasteiger partial charge is 0.371 e. The molecule has 0 aromatic carbocycles. The van der Waals surface area contributed by atoms with E-state index in [0.29, 0.717) is 0 Å². The normalized spacial score (nSPS) is 32.1. The van der Waals surface area contributed by atoms with Crippen molar-refractivity contribution in [1.29, 1.82) is 0 Å². The summed E-state index contributed by atoms with van der Waals surface area (Å²) >= 11 is 0. The van der Waals surface area contributed by atoms with Crippen LogP contribution in [-0.4, -0.2) is 18.4 Å². The molecule has 2 nitrogen and oxygen atoms in total. The molecule has 3 aliphatic rings. The van der Waals surface area contributed by atoms with Gasteiger partial charge in [0.25, 0.3) is 0 Å². The molecule has 20 heavy (non-hydrogen) atoms. The molecular weight excluding hydrogens is 268 g/mol. The van der Waals surface area contributed by atoms with E-state index in [-0.39, 0.29) is 12.4 Å². The fourth-order valence-electron chi connectivity index (χ4n) is 4.50. The summed E-state index contributed by atoms with van der Waals surface area (Å²) in [6.45, 7) is 1.06. The van der Waals surface area contributed by atoms with Crippen molar-refractivity contribution in [3.8, 4) is 0 Å². The highest BCUT2D eigenvalue weighted by molar-refractivity contribution is 5.85. The third kappa shape index (κ3) is 4.13. The van der Waals surface area contributed by atoms with Crippen LogP contribution in [0.5, 0.6) is 0 Å². The first-order chi connectivity index (χ1) is 9.43. The Balaban J connectivity index is 0.00000147. The third-order valence-electron chi connectivity index (χ3n) is 5.55. The van der Waals surface area contributed by atoms with E-state index in [9.17, 15) is 0 Å². The van der Waals surface area contributed by atoms with Crippen LogP contribution in [0.25, 0.3) is 0 Å². The summed E-state index contributed by atoms with van der Waals surface area (Å²) in [5.41, 5.74) is 0. The van der Waals surface area contributed by atoms with Gasteiger partial charge in [0.05, 0.1) is 5.84 Å². The van der Waals surface area contributed by atoms with E-state index in [1.807, 2.05) is 0 Å². The maximum atomic E-state index is 4.77. The average molecular weight is 299 g/mol. The predicted molar refractivity (Wildman–Crippen MR) is 88.9 cm³/mol. The molecule has 2 aliphatic carbocycles. The molecule has 2 fully saturated rings. The van der Waals surface area contributed by atoms with Crippen LogP contribution in [0.2, 0.25) is 0 Å². The van der Waals surface area contributed by atoms with Crippen molar-refractivity contribution in [3.63, 3.8) is 0 Å². The Morgan fingerprint density at radius 1 is 0.800 bits per heavy atom. The molecule has 0 spiro atoms. The minimum Gasteiger partial charge on any atom is -0.371 e. The number of rotatable bonds is 2. The molecule has 0 bridgehead atoms. The van der Waals surface area contributed by atoms with E-state index in [1.54, 1.807) is 0 Å². The lowest BCUT2D eigenvalue weighted by Gasteiger charge is -2.32. The lowest BCUT2D eigenvalue weighted by Crippen LogP contribution is -2.40. The fourth-order valence-corrected chi connectivity index (χ4v) is 4.50. The summed E-state index contributed by atoms with van der Waals surface area (Å²) in [5.74, 6) is 3.30. The van der Waals surface area contributed by atoms with Gasteiger partial charge < -0.3 is 5.32 Å². The Bertz CT molecular complexity index is 310. The van der Waals surface area contributed by atoms with E-state index >= 15 is 0 Å². The smallest absolute Gasteiger partial charge is 0.0965 e. The van der Waals surface area contributed by atoms with E-state index in [0.717, 1.165) is 24.4 Å². The van der Waals surface area contributed by atoms with Crippen molar-refractivity contribution >= 4 is 18.2 Å². The highest BCUT2D eigenvalue weighted by Gasteiger charge is 2.34. The van der Waals surface area contributed by atoms with Gasteiger partial charge in [-0.15, -0.1) is 12.4 Å². The van der Waals surface area contributed by atoms with E-state index in [1.165, 1.54) is 82.9 Å². The highest BCUT2D eigenvalue weighted by atomic mass is 35.5.